The summed E-state index contributed by atoms with van der Waals surface area (Å²) in [6.45, 7) is 4.90. The van der Waals surface area contributed by atoms with Gasteiger partial charge in [0.25, 0.3) is 0 Å². The van der Waals surface area contributed by atoms with Gasteiger partial charge in [-0.05, 0) is 19.4 Å². The van der Waals surface area contributed by atoms with Crippen LogP contribution in [-0.2, 0) is 11.3 Å². The van der Waals surface area contributed by atoms with Crippen molar-refractivity contribution in [1.82, 2.24) is 16.0 Å². The van der Waals surface area contributed by atoms with E-state index in [0.29, 0.717) is 19.0 Å². The summed E-state index contributed by atoms with van der Waals surface area (Å²) in [4.78, 5) is 15.8. The van der Waals surface area contributed by atoms with Crippen LogP contribution in [0.3, 0.4) is 0 Å². The van der Waals surface area contributed by atoms with Crippen LogP contribution in [0.25, 0.3) is 0 Å². The summed E-state index contributed by atoms with van der Waals surface area (Å²) in [6, 6.07) is 5.79. The minimum Gasteiger partial charge on any atom is -0.405 e. The lowest BCUT2D eigenvalue weighted by Gasteiger charge is -2.14. The molecule has 0 aliphatic heterocycles. The van der Waals surface area contributed by atoms with Crippen molar-refractivity contribution in [1.29, 1.82) is 0 Å². The summed E-state index contributed by atoms with van der Waals surface area (Å²) >= 11 is 0. The molecule has 0 aliphatic carbocycles. The zero-order chi connectivity index (χ0) is 18.7. The molecule has 140 valence electrons. The molecule has 3 N–H and O–H groups in total. The first-order valence-corrected chi connectivity index (χ1v) is 7.98. The predicted octanol–water partition coefficient (Wildman–Crippen LogP) is 2.17. The number of guanidine groups is 1. The van der Waals surface area contributed by atoms with Crippen LogP contribution in [-0.4, -0.2) is 37.9 Å². The Labute approximate surface area is 144 Å². The molecule has 1 rings (SSSR count). The topological polar surface area (TPSA) is 74.8 Å². The van der Waals surface area contributed by atoms with Crippen molar-refractivity contribution < 1.29 is 22.7 Å². The van der Waals surface area contributed by atoms with E-state index in [2.05, 4.69) is 25.7 Å². The van der Waals surface area contributed by atoms with Crippen LogP contribution in [0, 0.1) is 0 Å². The Morgan fingerprint density at radius 1 is 1.16 bits per heavy atom. The first kappa shape index (κ1) is 20.6. The van der Waals surface area contributed by atoms with Gasteiger partial charge in [-0.1, -0.05) is 25.1 Å². The van der Waals surface area contributed by atoms with Crippen molar-refractivity contribution in [3.63, 3.8) is 0 Å². The molecule has 0 atom stereocenters. The molecule has 1 amide bonds. The van der Waals surface area contributed by atoms with Gasteiger partial charge in [0.2, 0.25) is 5.91 Å². The number of benzene rings is 1. The van der Waals surface area contributed by atoms with Crippen molar-refractivity contribution in [3.05, 3.63) is 29.8 Å². The Bertz CT molecular complexity index is 577. The Morgan fingerprint density at radius 2 is 1.88 bits per heavy atom. The molecule has 0 unspecified atom stereocenters. The molecule has 0 aromatic heterocycles. The van der Waals surface area contributed by atoms with Crippen LogP contribution in [0.1, 0.15) is 25.8 Å². The molecule has 0 heterocycles. The molecule has 0 fully saturated rings. The van der Waals surface area contributed by atoms with Crippen molar-refractivity contribution in [2.24, 2.45) is 4.99 Å². The minimum atomic E-state index is -4.76. The van der Waals surface area contributed by atoms with E-state index in [0.717, 1.165) is 6.42 Å². The second-order valence-electron chi connectivity index (χ2n) is 5.05. The van der Waals surface area contributed by atoms with Crippen LogP contribution in [0.2, 0.25) is 0 Å². The van der Waals surface area contributed by atoms with E-state index < -0.39 is 6.36 Å². The molecule has 6 nitrogen and oxygen atoms in total. The van der Waals surface area contributed by atoms with Gasteiger partial charge in [-0.25, -0.2) is 4.99 Å². The highest BCUT2D eigenvalue weighted by Gasteiger charge is 2.31. The molecule has 0 bridgehead atoms. The summed E-state index contributed by atoms with van der Waals surface area (Å²) in [5.41, 5.74) is 0.285. The average Bonchev–Trinajstić information content (AvgIpc) is 2.55. The summed E-state index contributed by atoms with van der Waals surface area (Å²) < 4.78 is 41.3. The maximum atomic E-state index is 12.4. The zero-order valence-corrected chi connectivity index (χ0v) is 14.2. The molecule has 1 aromatic carbocycles. The second-order valence-corrected chi connectivity index (χ2v) is 5.05. The Balaban J connectivity index is 2.72. The van der Waals surface area contributed by atoms with Gasteiger partial charge in [-0.2, -0.15) is 0 Å². The number of nitrogens with zero attached hydrogens (tertiary/aromatic N) is 1. The van der Waals surface area contributed by atoms with Gasteiger partial charge < -0.3 is 20.7 Å². The zero-order valence-electron chi connectivity index (χ0n) is 14.2. The van der Waals surface area contributed by atoms with E-state index in [1.807, 2.05) is 13.8 Å². The SMILES string of the molecule is CCCNC(=O)CNC(=NCc1ccccc1OC(F)(F)F)NCC. The third kappa shape index (κ3) is 8.83. The number of rotatable bonds is 8. The summed E-state index contributed by atoms with van der Waals surface area (Å²) in [5.74, 6) is -0.153. The van der Waals surface area contributed by atoms with Gasteiger partial charge >= 0.3 is 6.36 Å². The second kappa shape index (κ2) is 10.4. The Kier molecular flexibility index (Phi) is 8.59. The minimum absolute atomic E-state index is 0.0204. The maximum absolute atomic E-state index is 12.4. The fourth-order valence-corrected chi connectivity index (χ4v) is 1.86. The molecule has 1 aromatic rings. The lowest BCUT2D eigenvalue weighted by atomic mass is 10.2. The van der Waals surface area contributed by atoms with Crippen molar-refractivity contribution in [2.75, 3.05) is 19.6 Å². The number of nitrogens with one attached hydrogen (secondary N) is 3. The van der Waals surface area contributed by atoms with E-state index in [4.69, 9.17) is 0 Å². The van der Waals surface area contributed by atoms with Gasteiger partial charge in [-0.3, -0.25) is 4.79 Å². The highest BCUT2D eigenvalue weighted by Crippen LogP contribution is 2.26. The number of carbonyl (C=O) groups excluding carboxylic acids is 1. The van der Waals surface area contributed by atoms with E-state index in [-0.39, 0.29) is 30.3 Å². The van der Waals surface area contributed by atoms with Gasteiger partial charge in [0, 0.05) is 18.7 Å². The first-order chi connectivity index (χ1) is 11.9. The van der Waals surface area contributed by atoms with E-state index in [1.165, 1.54) is 18.2 Å². The number of ether oxygens (including phenoxy) is 1. The molecule has 0 saturated heterocycles. The standard InChI is InChI=1S/C16H23F3N4O2/c1-3-9-21-14(24)11-23-15(20-4-2)22-10-12-7-5-6-8-13(12)25-16(17,18)19/h5-8H,3-4,9-11H2,1-2H3,(H,21,24)(H2,20,22,23). The smallest absolute Gasteiger partial charge is 0.405 e. The van der Waals surface area contributed by atoms with Gasteiger partial charge in [0.05, 0.1) is 13.1 Å². The van der Waals surface area contributed by atoms with Crippen LogP contribution in [0.4, 0.5) is 13.2 Å². The highest BCUT2D eigenvalue weighted by molar-refractivity contribution is 5.86. The molecule has 25 heavy (non-hydrogen) atoms. The fourth-order valence-electron chi connectivity index (χ4n) is 1.86. The number of amides is 1. The van der Waals surface area contributed by atoms with Crippen LogP contribution in [0.5, 0.6) is 5.75 Å². The van der Waals surface area contributed by atoms with Crippen LogP contribution < -0.4 is 20.7 Å². The normalized spacial score (nSPS) is 11.8. The fraction of sp³-hybridized carbons (Fsp3) is 0.500. The quantitative estimate of drug-likeness (QED) is 0.491. The van der Waals surface area contributed by atoms with E-state index in [9.17, 15) is 18.0 Å². The molecule has 0 radical (unpaired) electrons. The Hall–Kier alpha value is -2.45. The largest absolute Gasteiger partial charge is 0.573 e. The molecular weight excluding hydrogens is 337 g/mol. The maximum Gasteiger partial charge on any atom is 0.573 e. The van der Waals surface area contributed by atoms with E-state index in [1.54, 1.807) is 6.07 Å². The van der Waals surface area contributed by atoms with Crippen molar-refractivity contribution >= 4 is 11.9 Å². The lowest BCUT2D eigenvalue weighted by Crippen LogP contribution is -2.43. The number of aliphatic imine (C=N–C) groups is 1. The number of halogens is 3. The Morgan fingerprint density at radius 3 is 2.52 bits per heavy atom. The molecule has 0 saturated carbocycles. The summed E-state index contributed by atoms with van der Waals surface area (Å²) in [5, 5.41) is 8.47. The molecule has 9 heteroatoms. The number of hydrogen-bond acceptors (Lipinski definition) is 3. The molecule has 0 aliphatic rings. The summed E-state index contributed by atoms with van der Waals surface area (Å²) in [7, 11) is 0. The van der Waals surface area contributed by atoms with E-state index >= 15 is 0 Å². The lowest BCUT2D eigenvalue weighted by molar-refractivity contribution is -0.274. The van der Waals surface area contributed by atoms with Crippen molar-refractivity contribution in [3.8, 4) is 5.75 Å². The number of carbonyl (C=O) groups is 1. The first-order valence-electron chi connectivity index (χ1n) is 7.98. The summed E-state index contributed by atoms with van der Waals surface area (Å²) in [6.07, 6.45) is -3.93. The van der Waals surface area contributed by atoms with Gasteiger partial charge in [0.15, 0.2) is 5.96 Å². The third-order valence-corrected chi connectivity index (χ3v) is 2.94. The number of para-hydroxylation sites is 1. The van der Waals surface area contributed by atoms with Gasteiger partial charge in [-0.15, -0.1) is 13.2 Å². The third-order valence-electron chi connectivity index (χ3n) is 2.94. The van der Waals surface area contributed by atoms with Crippen molar-refractivity contribution in [2.45, 2.75) is 33.2 Å². The van der Waals surface area contributed by atoms with Gasteiger partial charge in [0.1, 0.15) is 5.75 Å². The molecular formula is C16H23F3N4O2. The number of hydrogen-bond donors (Lipinski definition) is 3. The average molecular weight is 360 g/mol. The van der Waals surface area contributed by atoms with Crippen LogP contribution in [0.15, 0.2) is 29.3 Å². The predicted molar refractivity (Wildman–Crippen MR) is 89.2 cm³/mol. The van der Waals surface area contributed by atoms with Crippen LogP contribution >= 0.6 is 0 Å². The highest BCUT2D eigenvalue weighted by atomic mass is 19.4. The molecule has 0 spiro atoms. The monoisotopic (exact) mass is 360 g/mol. The number of alkyl halides is 3.